The molecule has 0 aromatic carbocycles. The minimum absolute atomic E-state index is 1.02. The summed E-state index contributed by atoms with van der Waals surface area (Å²) >= 11 is 1.73. The minimum Gasteiger partial charge on any atom is -0.355 e. The fraction of sp³-hybridized carbons (Fsp3) is 0.0769. The number of hydrogen-bond acceptors (Lipinski definition) is 1. The topological polar surface area (TPSA) is 15.8 Å². The average molecular weight is 213 g/mol. The van der Waals surface area contributed by atoms with Crippen molar-refractivity contribution in [2.24, 2.45) is 0 Å². The van der Waals surface area contributed by atoms with Gasteiger partial charge in [0.25, 0.3) is 0 Å². The summed E-state index contributed by atoms with van der Waals surface area (Å²) < 4.78 is 0. The third kappa shape index (κ3) is 1.57. The molecule has 0 bridgehead atoms. The van der Waals surface area contributed by atoms with Gasteiger partial charge in [-0.2, -0.15) is 11.3 Å². The number of aromatic amines is 1. The second-order valence-corrected chi connectivity index (χ2v) is 4.38. The molecule has 2 heterocycles. The van der Waals surface area contributed by atoms with Crippen molar-refractivity contribution in [2.45, 2.75) is 6.42 Å². The van der Waals surface area contributed by atoms with Gasteiger partial charge in [0.05, 0.1) is 0 Å². The summed E-state index contributed by atoms with van der Waals surface area (Å²) in [6.07, 6.45) is 9.73. The Kier molecular flexibility index (Phi) is 2.07. The van der Waals surface area contributed by atoms with Gasteiger partial charge in [-0.1, -0.05) is 18.2 Å². The Morgan fingerprint density at radius 3 is 3.00 bits per heavy atom. The summed E-state index contributed by atoms with van der Waals surface area (Å²) in [5, 5.41) is 4.27. The van der Waals surface area contributed by atoms with Gasteiger partial charge in [0.1, 0.15) is 0 Å². The van der Waals surface area contributed by atoms with Crippen LogP contribution in [0, 0.1) is 0 Å². The molecule has 0 amide bonds. The lowest BCUT2D eigenvalue weighted by Gasteiger charge is -1.90. The molecule has 0 fully saturated rings. The molecule has 1 N–H and O–H groups in total. The fourth-order valence-electron chi connectivity index (χ4n) is 1.80. The molecule has 2 aromatic rings. The molecule has 1 aliphatic carbocycles. The van der Waals surface area contributed by atoms with E-state index in [9.17, 15) is 0 Å². The Bertz CT molecular complexity index is 485. The summed E-state index contributed by atoms with van der Waals surface area (Å²) in [6.45, 7) is 0. The summed E-state index contributed by atoms with van der Waals surface area (Å²) in [4.78, 5) is 3.44. The third-order valence-electron chi connectivity index (χ3n) is 2.57. The van der Waals surface area contributed by atoms with Gasteiger partial charge in [-0.3, -0.25) is 0 Å². The van der Waals surface area contributed by atoms with Gasteiger partial charge >= 0.3 is 0 Å². The Labute approximate surface area is 92.8 Å². The van der Waals surface area contributed by atoms with Crippen molar-refractivity contribution in [3.05, 3.63) is 46.3 Å². The lowest BCUT2D eigenvalue weighted by molar-refractivity contribution is 1.36. The second kappa shape index (κ2) is 3.55. The number of rotatable bonds is 1. The lowest BCUT2D eigenvalue weighted by Crippen LogP contribution is -1.74. The lowest BCUT2D eigenvalue weighted by atomic mass is 10.2. The van der Waals surface area contributed by atoms with Crippen LogP contribution in [0.4, 0.5) is 0 Å². The molecule has 0 saturated heterocycles. The van der Waals surface area contributed by atoms with Crippen molar-refractivity contribution < 1.29 is 0 Å². The van der Waals surface area contributed by atoms with Crippen LogP contribution < -0.4 is 0 Å². The van der Waals surface area contributed by atoms with Crippen molar-refractivity contribution in [2.75, 3.05) is 0 Å². The van der Waals surface area contributed by atoms with Crippen LogP contribution >= 0.6 is 11.3 Å². The van der Waals surface area contributed by atoms with Crippen molar-refractivity contribution in [1.29, 1.82) is 0 Å². The van der Waals surface area contributed by atoms with E-state index < -0.39 is 0 Å². The molecule has 0 atom stereocenters. The van der Waals surface area contributed by atoms with Crippen LogP contribution in [0.25, 0.3) is 23.4 Å². The molecule has 74 valence electrons. The van der Waals surface area contributed by atoms with E-state index in [1.807, 2.05) is 0 Å². The Morgan fingerprint density at radius 2 is 2.13 bits per heavy atom. The molecule has 0 saturated carbocycles. The minimum atomic E-state index is 1.02. The van der Waals surface area contributed by atoms with Crippen LogP contribution in [0.15, 0.2) is 35.0 Å². The number of thiophene rings is 1. The maximum atomic E-state index is 3.44. The molecule has 1 nitrogen and oxygen atoms in total. The van der Waals surface area contributed by atoms with Crippen LogP contribution in [0.1, 0.15) is 17.7 Å². The van der Waals surface area contributed by atoms with Crippen molar-refractivity contribution in [1.82, 2.24) is 4.98 Å². The summed E-state index contributed by atoms with van der Waals surface area (Å²) in [6, 6.07) is 4.35. The van der Waals surface area contributed by atoms with E-state index in [2.05, 4.69) is 52.2 Å². The Morgan fingerprint density at radius 1 is 1.20 bits per heavy atom. The SMILES string of the molecule is C1=Cc2cc(-c3ccsc3)[nH]c2C=CC1. The van der Waals surface area contributed by atoms with Gasteiger partial charge in [0.15, 0.2) is 0 Å². The summed E-state index contributed by atoms with van der Waals surface area (Å²) in [5.74, 6) is 0. The molecule has 2 heteroatoms. The van der Waals surface area contributed by atoms with Crippen LogP contribution in [0.2, 0.25) is 0 Å². The van der Waals surface area contributed by atoms with E-state index in [1.54, 1.807) is 11.3 Å². The number of allylic oxidation sites excluding steroid dienone is 2. The van der Waals surface area contributed by atoms with Crippen molar-refractivity contribution in [3.8, 4) is 11.3 Å². The predicted molar refractivity (Wildman–Crippen MR) is 66.8 cm³/mol. The van der Waals surface area contributed by atoms with Gasteiger partial charge in [-0.15, -0.1) is 0 Å². The number of nitrogens with one attached hydrogen (secondary N) is 1. The average Bonchev–Trinajstić information content (AvgIpc) is 2.84. The standard InChI is InChI=1S/C13H11NS/c1-2-4-10-8-13(11-6-7-15-9-11)14-12(10)5-3-1/h2-9,14H,1H2. The van der Waals surface area contributed by atoms with Gasteiger partial charge in [-0.05, 0) is 35.6 Å². The summed E-state index contributed by atoms with van der Waals surface area (Å²) in [7, 11) is 0. The molecule has 3 rings (SSSR count). The van der Waals surface area contributed by atoms with Gasteiger partial charge < -0.3 is 4.98 Å². The van der Waals surface area contributed by atoms with E-state index in [0.29, 0.717) is 0 Å². The molecular weight excluding hydrogens is 202 g/mol. The summed E-state index contributed by atoms with van der Waals surface area (Å²) in [5.41, 5.74) is 4.97. The number of aromatic nitrogens is 1. The molecule has 2 aromatic heterocycles. The molecule has 0 radical (unpaired) electrons. The first kappa shape index (κ1) is 8.74. The van der Waals surface area contributed by atoms with Crippen molar-refractivity contribution in [3.63, 3.8) is 0 Å². The van der Waals surface area contributed by atoms with Crippen LogP contribution in [-0.2, 0) is 0 Å². The van der Waals surface area contributed by atoms with Gasteiger partial charge in [-0.25, -0.2) is 0 Å². The number of hydrogen-bond donors (Lipinski definition) is 1. The third-order valence-corrected chi connectivity index (χ3v) is 3.25. The predicted octanol–water partition coefficient (Wildman–Crippen LogP) is 4.17. The molecule has 1 aliphatic rings. The highest BCUT2D eigenvalue weighted by atomic mass is 32.1. The van der Waals surface area contributed by atoms with E-state index in [0.717, 1.165) is 6.42 Å². The zero-order chi connectivity index (χ0) is 10.1. The second-order valence-electron chi connectivity index (χ2n) is 3.60. The monoisotopic (exact) mass is 213 g/mol. The zero-order valence-corrected chi connectivity index (χ0v) is 9.05. The van der Waals surface area contributed by atoms with E-state index in [4.69, 9.17) is 0 Å². The highest BCUT2D eigenvalue weighted by Crippen LogP contribution is 2.26. The van der Waals surface area contributed by atoms with Gasteiger partial charge in [0.2, 0.25) is 0 Å². The zero-order valence-electron chi connectivity index (χ0n) is 8.23. The van der Waals surface area contributed by atoms with Crippen LogP contribution in [0.5, 0.6) is 0 Å². The first-order chi connectivity index (χ1) is 7.43. The molecule has 0 aliphatic heterocycles. The first-order valence-corrected chi connectivity index (χ1v) is 5.96. The first-order valence-electron chi connectivity index (χ1n) is 5.02. The molecular formula is C13H11NS. The largest absolute Gasteiger partial charge is 0.355 e. The Hall–Kier alpha value is -1.54. The van der Waals surface area contributed by atoms with E-state index in [1.165, 1.54) is 22.5 Å². The quantitative estimate of drug-likeness (QED) is 0.731. The smallest absolute Gasteiger partial charge is 0.0473 e. The number of fused-ring (bicyclic) bond motifs is 1. The maximum Gasteiger partial charge on any atom is 0.0473 e. The fourth-order valence-corrected chi connectivity index (χ4v) is 2.45. The Balaban J connectivity index is 2.11. The molecule has 0 unspecified atom stereocenters. The highest BCUT2D eigenvalue weighted by Gasteiger charge is 2.06. The normalized spacial score (nSPS) is 13.9. The van der Waals surface area contributed by atoms with Crippen molar-refractivity contribution >= 4 is 23.5 Å². The number of H-pyrrole nitrogens is 1. The van der Waals surface area contributed by atoms with E-state index >= 15 is 0 Å². The highest BCUT2D eigenvalue weighted by molar-refractivity contribution is 7.08. The maximum absolute atomic E-state index is 3.44. The van der Waals surface area contributed by atoms with E-state index in [-0.39, 0.29) is 0 Å². The molecule has 15 heavy (non-hydrogen) atoms. The van der Waals surface area contributed by atoms with Crippen LogP contribution in [-0.4, -0.2) is 4.98 Å². The molecule has 0 spiro atoms. The van der Waals surface area contributed by atoms with Gasteiger partial charge in [0, 0.05) is 22.3 Å². The van der Waals surface area contributed by atoms with Crippen LogP contribution in [0.3, 0.4) is 0 Å².